The predicted octanol–water partition coefficient (Wildman–Crippen LogP) is -3.06. The molecule has 1 fully saturated rings. The van der Waals surface area contributed by atoms with Crippen LogP contribution in [0.1, 0.15) is 6.23 Å². The first kappa shape index (κ1) is 20.9. The molecule has 2 aromatic rings. The molecule has 0 radical (unpaired) electrons. The van der Waals surface area contributed by atoms with Gasteiger partial charge in [-0.1, -0.05) is 5.21 Å². The summed E-state index contributed by atoms with van der Waals surface area (Å²) in [6.45, 7) is -0.898. The van der Waals surface area contributed by atoms with Crippen LogP contribution >= 0.6 is 15.6 Å². The van der Waals surface area contributed by atoms with Gasteiger partial charge in [0, 0.05) is 0 Å². The molecule has 1 aliphatic rings. The zero-order valence-electron chi connectivity index (χ0n) is 13.5. The highest BCUT2D eigenvalue weighted by Gasteiger charge is 2.46. The number of aliphatic hydroxyl groups excluding tert-OH is 2. The average molecular weight is 444 g/mol. The van der Waals surface area contributed by atoms with Gasteiger partial charge in [-0.2, -0.15) is 14.0 Å². The minimum Gasteiger partial charge on any atom is -0.387 e. The molecule has 3 unspecified atom stereocenters. The van der Waals surface area contributed by atoms with Gasteiger partial charge in [0.25, 0.3) is 5.56 Å². The number of phosphoric ester groups is 1. The molecular formula is C9H14N6O11P2. The largest absolute Gasteiger partial charge is 0.481 e. The second kappa shape index (κ2) is 7.23. The minimum absolute atomic E-state index is 0.170. The van der Waals surface area contributed by atoms with Gasteiger partial charge in [-0.3, -0.25) is 14.3 Å². The fourth-order valence-corrected chi connectivity index (χ4v) is 4.02. The van der Waals surface area contributed by atoms with Gasteiger partial charge < -0.3 is 35.4 Å². The summed E-state index contributed by atoms with van der Waals surface area (Å²) in [6.07, 6.45) is -6.23. The van der Waals surface area contributed by atoms with Gasteiger partial charge >= 0.3 is 15.6 Å². The van der Waals surface area contributed by atoms with E-state index in [1.807, 2.05) is 0 Å². The Bertz CT molecular complexity index is 1030. The van der Waals surface area contributed by atoms with Crippen molar-refractivity contribution in [2.24, 2.45) is 0 Å². The molecule has 5 atom stereocenters. The van der Waals surface area contributed by atoms with Gasteiger partial charge in [-0.15, -0.1) is 5.10 Å². The number of nitrogens with two attached hydrogens (primary N) is 1. The molecule has 3 rings (SSSR count). The fourth-order valence-electron chi connectivity index (χ4n) is 2.42. The van der Waals surface area contributed by atoms with Crippen molar-refractivity contribution in [2.75, 3.05) is 12.3 Å². The lowest BCUT2D eigenvalue weighted by atomic mass is 10.1. The quantitative estimate of drug-likeness (QED) is 0.218. The summed E-state index contributed by atoms with van der Waals surface area (Å²) in [5.74, 6) is -0.273. The third-order valence-corrected chi connectivity index (χ3v) is 5.69. The molecule has 0 spiro atoms. The van der Waals surface area contributed by atoms with Crippen LogP contribution in [-0.2, 0) is 22.7 Å². The molecule has 8 N–H and O–H groups in total. The summed E-state index contributed by atoms with van der Waals surface area (Å²) in [5, 5.41) is 27.4. The van der Waals surface area contributed by atoms with Crippen LogP contribution in [0, 0.1) is 0 Å². The third kappa shape index (κ3) is 4.28. The number of hydrogen-bond donors (Lipinski definition) is 7. The molecule has 0 aliphatic carbocycles. The highest BCUT2D eigenvalue weighted by molar-refractivity contribution is 7.60. The van der Waals surface area contributed by atoms with Gasteiger partial charge in [0.1, 0.15) is 18.3 Å². The Morgan fingerprint density at radius 1 is 1.25 bits per heavy atom. The minimum atomic E-state index is -5.33. The van der Waals surface area contributed by atoms with E-state index in [0.29, 0.717) is 0 Å². The van der Waals surface area contributed by atoms with Crippen molar-refractivity contribution in [1.82, 2.24) is 25.0 Å². The summed E-state index contributed by atoms with van der Waals surface area (Å²) in [6, 6.07) is 0. The topological polar surface area (TPSA) is 265 Å². The monoisotopic (exact) mass is 444 g/mol. The maximum absolute atomic E-state index is 11.8. The van der Waals surface area contributed by atoms with Gasteiger partial charge in [0.2, 0.25) is 5.95 Å². The summed E-state index contributed by atoms with van der Waals surface area (Å²) in [5.41, 5.74) is 4.33. The number of hydrogen-bond acceptors (Lipinski definition) is 12. The Morgan fingerprint density at radius 3 is 2.57 bits per heavy atom. The Balaban J connectivity index is 1.79. The van der Waals surface area contributed by atoms with E-state index in [4.69, 9.17) is 20.3 Å². The van der Waals surface area contributed by atoms with Crippen LogP contribution in [0.25, 0.3) is 11.2 Å². The van der Waals surface area contributed by atoms with Crippen molar-refractivity contribution in [3.8, 4) is 0 Å². The molecular weight excluding hydrogens is 430 g/mol. The van der Waals surface area contributed by atoms with Crippen LogP contribution in [0.3, 0.4) is 0 Å². The van der Waals surface area contributed by atoms with E-state index in [2.05, 4.69) is 29.1 Å². The molecule has 19 heteroatoms. The van der Waals surface area contributed by atoms with Gasteiger partial charge in [-0.05, 0) is 0 Å². The van der Waals surface area contributed by atoms with Crippen LogP contribution in [0.5, 0.6) is 0 Å². The molecule has 0 amide bonds. The van der Waals surface area contributed by atoms with E-state index in [1.165, 1.54) is 0 Å². The summed E-state index contributed by atoms with van der Waals surface area (Å²) >= 11 is 0. The maximum Gasteiger partial charge on any atom is 0.481 e. The number of H-pyrrole nitrogens is 1. The molecule has 3 heterocycles. The first-order chi connectivity index (χ1) is 12.9. The Labute approximate surface area is 153 Å². The first-order valence-corrected chi connectivity index (χ1v) is 10.3. The molecule has 28 heavy (non-hydrogen) atoms. The normalized spacial score (nSPS) is 27.9. The molecule has 0 aromatic carbocycles. The number of phosphoric acid groups is 2. The van der Waals surface area contributed by atoms with Crippen molar-refractivity contribution in [3.63, 3.8) is 0 Å². The molecule has 1 saturated heterocycles. The van der Waals surface area contributed by atoms with Crippen LogP contribution in [-0.4, -0.2) is 74.8 Å². The molecule has 0 bridgehead atoms. The van der Waals surface area contributed by atoms with Crippen LogP contribution < -0.4 is 11.3 Å². The summed E-state index contributed by atoms with van der Waals surface area (Å²) in [4.78, 5) is 44.1. The maximum atomic E-state index is 11.8. The highest BCUT2D eigenvalue weighted by atomic mass is 31.3. The van der Waals surface area contributed by atoms with E-state index in [-0.39, 0.29) is 17.1 Å². The molecule has 17 nitrogen and oxygen atoms in total. The van der Waals surface area contributed by atoms with E-state index < -0.39 is 52.4 Å². The zero-order valence-corrected chi connectivity index (χ0v) is 15.3. The van der Waals surface area contributed by atoms with E-state index in [1.54, 1.807) is 0 Å². The van der Waals surface area contributed by atoms with E-state index >= 15 is 0 Å². The smallest absolute Gasteiger partial charge is 0.387 e. The molecule has 156 valence electrons. The van der Waals surface area contributed by atoms with Gasteiger partial charge in [-0.25, -0.2) is 9.13 Å². The van der Waals surface area contributed by atoms with E-state index in [9.17, 15) is 29.0 Å². The molecule has 2 aromatic heterocycles. The van der Waals surface area contributed by atoms with Crippen molar-refractivity contribution in [1.29, 1.82) is 0 Å². The van der Waals surface area contributed by atoms with Crippen LogP contribution in [0.4, 0.5) is 5.95 Å². The number of anilines is 1. The van der Waals surface area contributed by atoms with Crippen LogP contribution in [0.2, 0.25) is 0 Å². The fraction of sp³-hybridized carbons (Fsp3) is 0.556. The Hall–Kier alpha value is -1.78. The highest BCUT2D eigenvalue weighted by Crippen LogP contribution is 2.57. The number of aromatic nitrogens is 5. The van der Waals surface area contributed by atoms with Gasteiger partial charge in [0.05, 0.1) is 6.61 Å². The number of aliphatic hydroxyl groups is 2. The number of ether oxygens (including phenoxy) is 1. The first-order valence-electron chi connectivity index (χ1n) is 7.24. The number of rotatable bonds is 6. The van der Waals surface area contributed by atoms with Crippen molar-refractivity contribution < 1.29 is 47.6 Å². The second-order valence-electron chi connectivity index (χ2n) is 5.54. The van der Waals surface area contributed by atoms with E-state index in [0.717, 1.165) is 4.68 Å². The SMILES string of the molecule is Nc1nc2c(nnn2[C@@H]2O[C@H](COP(=O)(O)OP(=O)(O)O)C(O)C2O)c(=O)[nH]1. The summed E-state index contributed by atoms with van der Waals surface area (Å²) < 4.78 is 36.2. The Kier molecular flexibility index (Phi) is 5.41. The lowest BCUT2D eigenvalue weighted by Gasteiger charge is -2.17. The lowest BCUT2D eigenvalue weighted by molar-refractivity contribution is -0.0566. The van der Waals surface area contributed by atoms with Crippen molar-refractivity contribution in [2.45, 2.75) is 24.5 Å². The standard InChI is InChI=1S/C9H14N6O11P2/c10-9-11-6-3(7(18)12-9)13-14-15(6)8-5(17)4(16)2(25-8)1-24-28(22,23)26-27(19,20)21/h2,4-5,8,16-17H,1H2,(H,22,23)(H2,19,20,21)(H3,10,11,12,18)/t2-,4?,5?,8-/m1/s1. The average Bonchev–Trinajstić information content (AvgIpc) is 3.06. The number of fused-ring (bicyclic) bond motifs is 1. The van der Waals surface area contributed by atoms with Gasteiger partial charge in [0.15, 0.2) is 17.4 Å². The summed E-state index contributed by atoms with van der Waals surface area (Å²) in [7, 11) is -10.5. The number of nitrogens with one attached hydrogen (secondary N) is 1. The second-order valence-corrected chi connectivity index (χ2v) is 8.37. The molecule has 1 aliphatic heterocycles. The van der Waals surface area contributed by atoms with Crippen molar-refractivity contribution in [3.05, 3.63) is 10.4 Å². The third-order valence-electron chi connectivity index (χ3n) is 3.54. The Morgan fingerprint density at radius 2 is 1.93 bits per heavy atom. The molecule has 0 saturated carbocycles. The number of nitrogens with zero attached hydrogens (tertiary/aromatic N) is 4. The van der Waals surface area contributed by atoms with Crippen LogP contribution in [0.15, 0.2) is 4.79 Å². The number of nitrogen functional groups attached to an aromatic ring is 1. The van der Waals surface area contributed by atoms with Crippen molar-refractivity contribution >= 4 is 32.8 Å². The zero-order chi connectivity index (χ0) is 20.9. The lowest BCUT2D eigenvalue weighted by Crippen LogP contribution is -2.33. The predicted molar refractivity (Wildman–Crippen MR) is 85.2 cm³/mol. The number of aromatic amines is 1.